The van der Waals surface area contributed by atoms with Crippen LogP contribution >= 0.6 is 0 Å². The quantitative estimate of drug-likeness (QED) is 0.517. The second kappa shape index (κ2) is 7.58. The van der Waals surface area contributed by atoms with Crippen LogP contribution in [0.5, 0.6) is 5.75 Å². The Labute approximate surface area is 159 Å². The third-order valence-corrected chi connectivity index (χ3v) is 4.98. The number of aromatic nitrogens is 1. The molecule has 0 saturated carbocycles. The number of Topliss-reactive ketones (excluding diaryl/α,β-unsaturated/α-hetero) is 1. The van der Waals surface area contributed by atoms with Gasteiger partial charge < -0.3 is 4.74 Å². The zero-order chi connectivity index (χ0) is 18.6. The molecule has 4 rings (SSSR count). The fourth-order valence-corrected chi connectivity index (χ4v) is 3.48. The van der Waals surface area contributed by atoms with E-state index in [2.05, 4.69) is 53.4 Å². The first-order valence-corrected chi connectivity index (χ1v) is 9.18. The van der Waals surface area contributed by atoms with Gasteiger partial charge in [-0.25, -0.2) is 4.57 Å². The van der Waals surface area contributed by atoms with Crippen molar-refractivity contribution >= 4 is 11.9 Å². The number of carbonyl (C=O) groups excluding carboxylic acids is 1. The van der Waals surface area contributed by atoms with E-state index < -0.39 is 0 Å². The molecule has 1 aromatic heterocycles. The number of fused-ring (bicyclic) bond motifs is 1. The van der Waals surface area contributed by atoms with Gasteiger partial charge in [-0.1, -0.05) is 30.3 Å². The van der Waals surface area contributed by atoms with Crippen LogP contribution in [0, 0.1) is 0 Å². The third kappa shape index (κ3) is 3.82. The summed E-state index contributed by atoms with van der Waals surface area (Å²) in [7, 11) is 1.65. The van der Waals surface area contributed by atoms with E-state index in [4.69, 9.17) is 4.74 Å². The van der Waals surface area contributed by atoms with Crippen LogP contribution < -0.4 is 9.30 Å². The third-order valence-electron chi connectivity index (χ3n) is 4.98. The molecule has 134 valence electrons. The SMILES string of the molecule is COc1ccc2c(c1)CCC(=Cc1cc[n+](Cc3ccccc3)cc1)C2=O. The number of ether oxygens (including phenoxy) is 1. The molecule has 0 unspecified atom stereocenters. The van der Waals surface area contributed by atoms with E-state index in [1.54, 1.807) is 7.11 Å². The summed E-state index contributed by atoms with van der Waals surface area (Å²) < 4.78 is 7.40. The lowest BCUT2D eigenvalue weighted by Gasteiger charge is -2.18. The summed E-state index contributed by atoms with van der Waals surface area (Å²) >= 11 is 0. The van der Waals surface area contributed by atoms with Crippen LogP contribution in [0.3, 0.4) is 0 Å². The first-order valence-electron chi connectivity index (χ1n) is 9.18. The molecule has 0 amide bonds. The number of ketones is 1. The van der Waals surface area contributed by atoms with Crippen molar-refractivity contribution in [3.63, 3.8) is 0 Å². The van der Waals surface area contributed by atoms with Gasteiger partial charge in [-0.2, -0.15) is 0 Å². The summed E-state index contributed by atoms with van der Waals surface area (Å²) in [5, 5.41) is 0. The number of carbonyl (C=O) groups is 1. The van der Waals surface area contributed by atoms with Crippen LogP contribution in [-0.2, 0) is 13.0 Å². The van der Waals surface area contributed by atoms with E-state index in [0.717, 1.165) is 47.4 Å². The van der Waals surface area contributed by atoms with Crippen molar-refractivity contribution in [1.29, 1.82) is 0 Å². The number of rotatable bonds is 4. The number of allylic oxidation sites excluding steroid dienone is 1. The molecular formula is C24H22NO2+. The zero-order valence-corrected chi connectivity index (χ0v) is 15.4. The number of aryl methyl sites for hydroxylation is 1. The lowest BCUT2D eigenvalue weighted by atomic mass is 9.86. The predicted octanol–water partition coefficient (Wildman–Crippen LogP) is 4.24. The molecule has 0 aliphatic heterocycles. The molecule has 27 heavy (non-hydrogen) atoms. The number of benzene rings is 2. The van der Waals surface area contributed by atoms with Crippen molar-refractivity contribution in [3.8, 4) is 5.75 Å². The number of methoxy groups -OCH3 is 1. The first-order chi connectivity index (χ1) is 13.2. The molecule has 0 saturated heterocycles. The Balaban J connectivity index is 1.52. The van der Waals surface area contributed by atoms with Crippen LogP contribution in [0.25, 0.3) is 6.08 Å². The zero-order valence-electron chi connectivity index (χ0n) is 15.4. The highest BCUT2D eigenvalue weighted by Crippen LogP contribution is 2.29. The summed E-state index contributed by atoms with van der Waals surface area (Å²) in [6.07, 6.45) is 7.77. The Bertz CT molecular complexity index is 989. The van der Waals surface area contributed by atoms with Crippen LogP contribution in [0.4, 0.5) is 0 Å². The Morgan fingerprint density at radius 2 is 1.78 bits per heavy atom. The first kappa shape index (κ1) is 17.2. The van der Waals surface area contributed by atoms with E-state index in [-0.39, 0.29) is 5.78 Å². The van der Waals surface area contributed by atoms with Gasteiger partial charge in [0.2, 0.25) is 0 Å². The molecule has 0 radical (unpaired) electrons. The molecule has 0 bridgehead atoms. The normalized spacial score (nSPS) is 14.9. The Hall–Kier alpha value is -3.20. The van der Waals surface area contributed by atoms with Gasteiger partial charge in [-0.05, 0) is 48.2 Å². The standard InChI is InChI=1S/C24H22NO2/c1-27-22-9-10-23-20(16-22)7-8-21(24(23)26)15-18-11-13-25(14-12-18)17-19-5-3-2-4-6-19/h2-6,9-16H,7-8,17H2,1H3/q+1. The van der Waals surface area contributed by atoms with E-state index in [1.807, 2.05) is 30.3 Å². The molecule has 1 heterocycles. The molecule has 0 N–H and O–H groups in total. The van der Waals surface area contributed by atoms with E-state index in [9.17, 15) is 4.79 Å². The highest BCUT2D eigenvalue weighted by molar-refractivity contribution is 6.13. The molecule has 3 aromatic rings. The second-order valence-electron chi connectivity index (χ2n) is 6.81. The van der Waals surface area contributed by atoms with Crippen molar-refractivity contribution < 1.29 is 14.1 Å². The molecule has 3 heteroatoms. The maximum Gasteiger partial charge on any atom is 0.189 e. The minimum absolute atomic E-state index is 0.125. The van der Waals surface area contributed by atoms with Crippen molar-refractivity contribution in [2.24, 2.45) is 0 Å². The molecule has 1 aliphatic carbocycles. The van der Waals surface area contributed by atoms with Gasteiger partial charge in [0.05, 0.1) is 7.11 Å². The van der Waals surface area contributed by atoms with Gasteiger partial charge in [0.15, 0.2) is 24.7 Å². The highest BCUT2D eigenvalue weighted by Gasteiger charge is 2.22. The number of pyridine rings is 1. The van der Waals surface area contributed by atoms with Gasteiger partial charge in [0.25, 0.3) is 0 Å². The lowest BCUT2D eigenvalue weighted by Crippen LogP contribution is -2.33. The lowest BCUT2D eigenvalue weighted by molar-refractivity contribution is -0.688. The van der Waals surface area contributed by atoms with Gasteiger partial charge in [0, 0.05) is 28.8 Å². The van der Waals surface area contributed by atoms with E-state index >= 15 is 0 Å². The highest BCUT2D eigenvalue weighted by atomic mass is 16.5. The van der Waals surface area contributed by atoms with Crippen LogP contribution in [-0.4, -0.2) is 12.9 Å². The molecule has 3 nitrogen and oxygen atoms in total. The van der Waals surface area contributed by atoms with Crippen molar-refractivity contribution in [2.45, 2.75) is 19.4 Å². The molecule has 0 fully saturated rings. The average Bonchev–Trinajstić information content (AvgIpc) is 2.72. The van der Waals surface area contributed by atoms with Crippen LogP contribution in [0.1, 0.15) is 33.5 Å². The summed E-state index contributed by atoms with van der Waals surface area (Å²) in [6.45, 7) is 0.839. The second-order valence-corrected chi connectivity index (χ2v) is 6.81. The van der Waals surface area contributed by atoms with E-state index in [0.29, 0.717) is 0 Å². The fourth-order valence-electron chi connectivity index (χ4n) is 3.48. The molecule has 1 aliphatic rings. The number of hydrogen-bond acceptors (Lipinski definition) is 2. The molecule has 0 atom stereocenters. The molecule has 2 aromatic carbocycles. The number of hydrogen-bond donors (Lipinski definition) is 0. The van der Waals surface area contributed by atoms with E-state index in [1.165, 1.54) is 5.56 Å². The topological polar surface area (TPSA) is 30.2 Å². The Morgan fingerprint density at radius 3 is 2.52 bits per heavy atom. The average molecular weight is 356 g/mol. The van der Waals surface area contributed by atoms with Crippen molar-refractivity contribution in [1.82, 2.24) is 0 Å². The van der Waals surface area contributed by atoms with Gasteiger partial charge in [-0.3, -0.25) is 4.79 Å². The summed E-state index contributed by atoms with van der Waals surface area (Å²) in [6, 6.07) is 20.2. The Kier molecular flexibility index (Phi) is 4.84. The fraction of sp³-hybridized carbons (Fsp3) is 0.167. The maximum absolute atomic E-state index is 12.8. The summed E-state index contributed by atoms with van der Waals surface area (Å²) in [5.74, 6) is 0.930. The molecular weight excluding hydrogens is 334 g/mol. The van der Waals surface area contributed by atoms with Crippen molar-refractivity contribution in [3.05, 3.63) is 101 Å². The molecule has 0 spiro atoms. The summed E-state index contributed by atoms with van der Waals surface area (Å²) in [5.41, 5.74) is 5.06. The minimum atomic E-state index is 0.125. The maximum atomic E-state index is 12.8. The van der Waals surface area contributed by atoms with Gasteiger partial charge in [0.1, 0.15) is 5.75 Å². The Morgan fingerprint density at radius 1 is 1.00 bits per heavy atom. The summed E-state index contributed by atoms with van der Waals surface area (Å²) in [4.78, 5) is 12.8. The number of nitrogens with zero attached hydrogens (tertiary/aromatic N) is 1. The minimum Gasteiger partial charge on any atom is -0.497 e. The smallest absolute Gasteiger partial charge is 0.189 e. The largest absolute Gasteiger partial charge is 0.497 e. The van der Waals surface area contributed by atoms with Gasteiger partial charge >= 0.3 is 0 Å². The monoisotopic (exact) mass is 356 g/mol. The van der Waals surface area contributed by atoms with Gasteiger partial charge in [-0.15, -0.1) is 0 Å². The van der Waals surface area contributed by atoms with Crippen LogP contribution in [0.2, 0.25) is 0 Å². The predicted molar refractivity (Wildman–Crippen MR) is 106 cm³/mol. The van der Waals surface area contributed by atoms with Crippen molar-refractivity contribution in [2.75, 3.05) is 7.11 Å². The van der Waals surface area contributed by atoms with Crippen LogP contribution in [0.15, 0.2) is 78.6 Å².